The highest BCUT2D eigenvalue weighted by Crippen LogP contribution is 2.29. The molecule has 0 amide bonds. The van der Waals surface area contributed by atoms with Gasteiger partial charge in [-0.2, -0.15) is 0 Å². The standard InChI is InChI=1S/C31H35F3O2/c1-5-8-9-11-23-14-17-27(31(34)30(23)33)22(7-3)13-12-21(4)24-15-16-26(28(32)18-24)25-19-35-29(10-6-2)36-20-25/h5,7,12-18,25,29H,1,3,6,8-11,19-20H2,2,4H3/b21-12+,22-13+. The van der Waals surface area contributed by atoms with Crippen LogP contribution >= 0.6 is 0 Å². The molecule has 0 aliphatic carbocycles. The molecule has 1 saturated heterocycles. The highest BCUT2D eigenvalue weighted by molar-refractivity contribution is 5.78. The lowest BCUT2D eigenvalue weighted by molar-refractivity contribution is -0.190. The first-order valence-electron chi connectivity index (χ1n) is 12.5. The summed E-state index contributed by atoms with van der Waals surface area (Å²) in [5.74, 6) is -2.20. The quantitative estimate of drug-likeness (QED) is 0.176. The van der Waals surface area contributed by atoms with Crippen molar-refractivity contribution >= 4 is 11.1 Å². The first kappa shape index (κ1) is 27.7. The van der Waals surface area contributed by atoms with Gasteiger partial charge in [0.15, 0.2) is 17.9 Å². The normalized spacial score (nSPS) is 18.8. The molecule has 0 bridgehead atoms. The maximum absolute atomic E-state index is 14.9. The maximum atomic E-state index is 14.9. The minimum absolute atomic E-state index is 0.138. The summed E-state index contributed by atoms with van der Waals surface area (Å²) in [6, 6.07) is 8.28. The molecule has 192 valence electrons. The number of ether oxygens (including phenoxy) is 2. The van der Waals surface area contributed by atoms with Crippen LogP contribution in [-0.2, 0) is 15.9 Å². The van der Waals surface area contributed by atoms with E-state index in [9.17, 15) is 13.2 Å². The lowest BCUT2D eigenvalue weighted by atomic mass is 9.95. The number of unbranched alkanes of at least 4 members (excludes halogenated alkanes) is 1. The van der Waals surface area contributed by atoms with Gasteiger partial charge in [0.2, 0.25) is 0 Å². The molecule has 2 aromatic carbocycles. The molecule has 1 aliphatic heterocycles. The van der Waals surface area contributed by atoms with Gasteiger partial charge in [0.05, 0.1) is 13.2 Å². The average molecular weight is 497 g/mol. The Morgan fingerprint density at radius 3 is 2.42 bits per heavy atom. The summed E-state index contributed by atoms with van der Waals surface area (Å²) in [5.41, 5.74) is 2.97. The molecule has 36 heavy (non-hydrogen) atoms. The zero-order valence-corrected chi connectivity index (χ0v) is 21.2. The van der Waals surface area contributed by atoms with Gasteiger partial charge in [-0.25, -0.2) is 13.2 Å². The van der Waals surface area contributed by atoms with Gasteiger partial charge in [-0.05, 0) is 66.5 Å². The Morgan fingerprint density at radius 2 is 1.78 bits per heavy atom. The summed E-state index contributed by atoms with van der Waals surface area (Å²) < 4.78 is 55.8. The Labute approximate surface area is 212 Å². The molecule has 2 aromatic rings. The summed E-state index contributed by atoms with van der Waals surface area (Å²) in [6.45, 7) is 12.2. The van der Waals surface area contributed by atoms with Crippen LogP contribution in [0, 0.1) is 17.5 Å². The number of hydrogen-bond acceptors (Lipinski definition) is 2. The summed E-state index contributed by atoms with van der Waals surface area (Å²) >= 11 is 0. The van der Waals surface area contributed by atoms with E-state index in [1.54, 1.807) is 36.4 Å². The lowest BCUT2D eigenvalue weighted by Crippen LogP contribution is -2.31. The van der Waals surface area contributed by atoms with Crippen molar-refractivity contribution < 1.29 is 22.6 Å². The van der Waals surface area contributed by atoms with E-state index in [-0.39, 0.29) is 23.6 Å². The third-order valence-electron chi connectivity index (χ3n) is 6.45. The third-order valence-corrected chi connectivity index (χ3v) is 6.45. The van der Waals surface area contributed by atoms with Crippen LogP contribution in [-0.4, -0.2) is 19.5 Å². The zero-order chi connectivity index (χ0) is 26.1. The second kappa shape index (κ2) is 13.4. The van der Waals surface area contributed by atoms with Gasteiger partial charge in [0.25, 0.3) is 0 Å². The summed E-state index contributed by atoms with van der Waals surface area (Å²) in [5, 5.41) is 0. The summed E-state index contributed by atoms with van der Waals surface area (Å²) in [6.07, 6.45) is 10.1. The summed E-state index contributed by atoms with van der Waals surface area (Å²) in [7, 11) is 0. The second-order valence-corrected chi connectivity index (χ2v) is 9.08. The lowest BCUT2D eigenvalue weighted by Gasteiger charge is -2.29. The molecule has 0 spiro atoms. The fraction of sp³-hybridized carbons (Fsp3) is 0.355. The molecule has 1 heterocycles. The maximum Gasteiger partial charge on any atom is 0.166 e. The Bertz CT molecular complexity index is 1120. The van der Waals surface area contributed by atoms with Gasteiger partial charge < -0.3 is 9.47 Å². The molecular weight excluding hydrogens is 461 g/mol. The van der Waals surface area contributed by atoms with Crippen LogP contribution in [0.5, 0.6) is 0 Å². The van der Waals surface area contributed by atoms with Crippen molar-refractivity contribution in [3.8, 4) is 0 Å². The Hall–Kier alpha value is -2.89. The highest BCUT2D eigenvalue weighted by Gasteiger charge is 2.25. The Morgan fingerprint density at radius 1 is 1.03 bits per heavy atom. The number of allylic oxidation sites excluding steroid dienone is 6. The van der Waals surface area contributed by atoms with E-state index in [4.69, 9.17) is 9.47 Å². The Balaban J connectivity index is 1.76. The van der Waals surface area contributed by atoms with Gasteiger partial charge in [-0.15, -0.1) is 6.58 Å². The topological polar surface area (TPSA) is 18.5 Å². The van der Waals surface area contributed by atoms with Crippen molar-refractivity contribution in [2.24, 2.45) is 0 Å². The molecular formula is C31H35F3O2. The molecule has 0 atom stereocenters. The monoisotopic (exact) mass is 496 g/mol. The van der Waals surface area contributed by atoms with Crippen LogP contribution in [0.15, 0.2) is 67.8 Å². The first-order valence-corrected chi connectivity index (χ1v) is 12.5. The minimum atomic E-state index is -0.892. The molecule has 0 N–H and O–H groups in total. The van der Waals surface area contributed by atoms with Crippen molar-refractivity contribution in [3.05, 3.63) is 107 Å². The van der Waals surface area contributed by atoms with E-state index in [0.29, 0.717) is 48.3 Å². The zero-order valence-electron chi connectivity index (χ0n) is 21.2. The molecule has 3 rings (SSSR count). The minimum Gasteiger partial charge on any atom is -0.352 e. The van der Waals surface area contributed by atoms with Gasteiger partial charge in [-0.3, -0.25) is 0 Å². The van der Waals surface area contributed by atoms with Crippen molar-refractivity contribution in [1.29, 1.82) is 0 Å². The smallest absolute Gasteiger partial charge is 0.166 e. The SMILES string of the molecule is C=CCCCc1ccc(/C(C=C)=C/C=C(\C)c2ccc(C3COC(CCC)OC3)c(F)c2)c(F)c1F. The highest BCUT2D eigenvalue weighted by atomic mass is 19.2. The van der Waals surface area contributed by atoms with Gasteiger partial charge >= 0.3 is 0 Å². The molecule has 1 aliphatic rings. The molecule has 5 heteroatoms. The molecule has 0 saturated carbocycles. The predicted molar refractivity (Wildman–Crippen MR) is 141 cm³/mol. The molecule has 0 radical (unpaired) electrons. The Kier molecular flexibility index (Phi) is 10.3. The number of aryl methyl sites for hydroxylation is 1. The van der Waals surface area contributed by atoms with E-state index < -0.39 is 11.6 Å². The van der Waals surface area contributed by atoms with Gasteiger partial charge in [-0.1, -0.05) is 68.5 Å². The third kappa shape index (κ3) is 6.86. The fourth-order valence-electron chi connectivity index (χ4n) is 4.25. The van der Waals surface area contributed by atoms with Crippen molar-refractivity contribution in [3.63, 3.8) is 0 Å². The predicted octanol–water partition coefficient (Wildman–Crippen LogP) is 8.54. The van der Waals surface area contributed by atoms with Crippen LogP contribution in [0.2, 0.25) is 0 Å². The van der Waals surface area contributed by atoms with E-state index in [1.807, 2.05) is 13.0 Å². The molecule has 0 aromatic heterocycles. The number of halogens is 3. The van der Waals surface area contributed by atoms with E-state index in [1.165, 1.54) is 12.1 Å². The molecule has 0 unspecified atom stereocenters. The van der Waals surface area contributed by atoms with Crippen molar-refractivity contribution in [2.45, 2.75) is 58.2 Å². The fourth-order valence-corrected chi connectivity index (χ4v) is 4.25. The summed E-state index contributed by atoms with van der Waals surface area (Å²) in [4.78, 5) is 0. The first-order chi connectivity index (χ1) is 17.4. The van der Waals surface area contributed by atoms with Crippen molar-refractivity contribution in [2.75, 3.05) is 13.2 Å². The van der Waals surface area contributed by atoms with Crippen LogP contribution in [0.1, 0.15) is 67.7 Å². The van der Waals surface area contributed by atoms with Crippen LogP contribution in [0.4, 0.5) is 13.2 Å². The van der Waals surface area contributed by atoms with E-state index in [0.717, 1.165) is 24.8 Å². The van der Waals surface area contributed by atoms with Crippen LogP contribution in [0.3, 0.4) is 0 Å². The van der Waals surface area contributed by atoms with Crippen LogP contribution < -0.4 is 0 Å². The average Bonchev–Trinajstić information content (AvgIpc) is 2.88. The van der Waals surface area contributed by atoms with Gasteiger partial charge in [0, 0.05) is 11.5 Å². The number of hydrogen-bond donors (Lipinski definition) is 0. The largest absolute Gasteiger partial charge is 0.352 e. The second-order valence-electron chi connectivity index (χ2n) is 9.08. The number of benzene rings is 2. The van der Waals surface area contributed by atoms with Crippen molar-refractivity contribution in [1.82, 2.24) is 0 Å². The van der Waals surface area contributed by atoms with E-state index >= 15 is 0 Å². The number of rotatable bonds is 11. The van der Waals surface area contributed by atoms with Crippen LogP contribution in [0.25, 0.3) is 11.1 Å². The van der Waals surface area contributed by atoms with Gasteiger partial charge in [0.1, 0.15) is 5.82 Å². The molecule has 1 fully saturated rings. The molecule has 2 nitrogen and oxygen atoms in total. The van der Waals surface area contributed by atoms with E-state index in [2.05, 4.69) is 20.1 Å².